The van der Waals surface area contributed by atoms with E-state index in [1.54, 1.807) is 0 Å². The third-order valence-electron chi connectivity index (χ3n) is 2.58. The van der Waals surface area contributed by atoms with Crippen molar-refractivity contribution in [1.29, 1.82) is 0 Å². The van der Waals surface area contributed by atoms with Crippen LogP contribution in [0.5, 0.6) is 0 Å². The summed E-state index contributed by atoms with van der Waals surface area (Å²) in [6.07, 6.45) is 8.70. The summed E-state index contributed by atoms with van der Waals surface area (Å²) in [5.41, 5.74) is 5.54. The monoisotopic (exact) mass is 212 g/mol. The van der Waals surface area contributed by atoms with Crippen LogP contribution in [0.4, 0.5) is 5.13 Å². The minimum atomic E-state index is 0.465. The van der Waals surface area contributed by atoms with E-state index >= 15 is 0 Å². The van der Waals surface area contributed by atoms with Gasteiger partial charge in [-0.15, -0.1) is 0 Å². The molecule has 0 atom stereocenters. The number of thiazole rings is 1. The maximum atomic E-state index is 5.80. The number of anilines is 1. The van der Waals surface area contributed by atoms with Crippen LogP contribution in [0, 0.1) is 0 Å². The zero-order valence-corrected chi connectivity index (χ0v) is 9.05. The van der Waals surface area contributed by atoms with Gasteiger partial charge in [0.05, 0.1) is 17.6 Å². The van der Waals surface area contributed by atoms with Gasteiger partial charge in [-0.25, -0.2) is 4.98 Å². The van der Waals surface area contributed by atoms with Crippen LogP contribution in [0.2, 0.25) is 0 Å². The first-order valence-corrected chi connectivity index (χ1v) is 5.98. The van der Waals surface area contributed by atoms with Crippen molar-refractivity contribution in [3.8, 4) is 0 Å². The van der Waals surface area contributed by atoms with E-state index in [1.165, 1.54) is 43.4 Å². The Bertz CT molecular complexity index is 281. The van der Waals surface area contributed by atoms with Gasteiger partial charge in [-0.05, 0) is 12.8 Å². The highest BCUT2D eigenvalue weighted by Crippen LogP contribution is 2.23. The number of hydrogen-bond donors (Lipinski definition) is 1. The molecule has 1 aliphatic rings. The third kappa shape index (κ3) is 2.69. The number of ether oxygens (including phenoxy) is 1. The molecule has 3 nitrogen and oxygen atoms in total. The second-order valence-corrected chi connectivity index (χ2v) is 4.88. The first-order chi connectivity index (χ1) is 6.84. The average Bonchev–Trinajstić information content (AvgIpc) is 2.63. The maximum Gasteiger partial charge on any atom is 0.180 e. The number of hydrogen-bond acceptors (Lipinski definition) is 4. The largest absolute Gasteiger partial charge is 0.375 e. The van der Waals surface area contributed by atoms with Crippen LogP contribution in [-0.4, -0.2) is 11.1 Å². The number of nitrogen functional groups attached to an aromatic ring is 1. The van der Waals surface area contributed by atoms with Gasteiger partial charge in [-0.3, -0.25) is 0 Å². The predicted molar refractivity (Wildman–Crippen MR) is 58.2 cm³/mol. The first kappa shape index (κ1) is 9.93. The molecule has 14 heavy (non-hydrogen) atoms. The Hall–Kier alpha value is -0.610. The summed E-state index contributed by atoms with van der Waals surface area (Å²) in [6, 6.07) is 0. The maximum absolute atomic E-state index is 5.80. The molecule has 1 heterocycles. The van der Waals surface area contributed by atoms with Gasteiger partial charge in [0.15, 0.2) is 5.13 Å². The predicted octanol–water partition coefficient (Wildman–Crippen LogP) is 2.57. The van der Waals surface area contributed by atoms with Gasteiger partial charge >= 0.3 is 0 Å². The lowest BCUT2D eigenvalue weighted by Gasteiger charge is -2.21. The molecule has 0 amide bonds. The lowest BCUT2D eigenvalue weighted by Crippen LogP contribution is -2.15. The fourth-order valence-corrected chi connectivity index (χ4v) is 2.43. The second kappa shape index (κ2) is 4.75. The molecular weight excluding hydrogens is 196 g/mol. The average molecular weight is 212 g/mol. The van der Waals surface area contributed by atoms with E-state index in [9.17, 15) is 0 Å². The molecule has 0 aromatic carbocycles. The molecule has 0 aliphatic heterocycles. The van der Waals surface area contributed by atoms with E-state index in [4.69, 9.17) is 10.5 Å². The highest BCUT2D eigenvalue weighted by Gasteiger charge is 2.13. The smallest absolute Gasteiger partial charge is 0.180 e. The minimum Gasteiger partial charge on any atom is -0.375 e. The van der Waals surface area contributed by atoms with Crippen molar-refractivity contribution >= 4 is 16.5 Å². The zero-order valence-electron chi connectivity index (χ0n) is 8.24. The lowest BCUT2D eigenvalue weighted by molar-refractivity contribution is 0.0181. The Balaban J connectivity index is 1.76. The summed E-state index contributed by atoms with van der Waals surface area (Å²) >= 11 is 1.52. The van der Waals surface area contributed by atoms with Crippen LogP contribution in [0.3, 0.4) is 0 Å². The number of rotatable bonds is 3. The van der Waals surface area contributed by atoms with Crippen molar-refractivity contribution in [2.24, 2.45) is 0 Å². The highest BCUT2D eigenvalue weighted by atomic mass is 32.1. The van der Waals surface area contributed by atoms with Gasteiger partial charge < -0.3 is 10.5 Å². The van der Waals surface area contributed by atoms with Gasteiger partial charge in [0.2, 0.25) is 0 Å². The molecule has 1 saturated carbocycles. The van der Waals surface area contributed by atoms with Gasteiger partial charge in [0, 0.05) is 6.20 Å². The molecule has 1 fully saturated rings. The first-order valence-electron chi connectivity index (χ1n) is 5.16. The molecule has 4 heteroatoms. The summed E-state index contributed by atoms with van der Waals surface area (Å²) in [4.78, 5) is 5.13. The molecule has 0 radical (unpaired) electrons. The quantitative estimate of drug-likeness (QED) is 0.837. The van der Waals surface area contributed by atoms with Crippen molar-refractivity contribution in [2.75, 3.05) is 5.73 Å². The van der Waals surface area contributed by atoms with Crippen molar-refractivity contribution < 1.29 is 4.74 Å². The Labute approximate surface area is 88.3 Å². The van der Waals surface area contributed by atoms with Crippen molar-refractivity contribution in [2.45, 2.75) is 44.8 Å². The number of aromatic nitrogens is 1. The van der Waals surface area contributed by atoms with Crippen LogP contribution in [-0.2, 0) is 11.3 Å². The second-order valence-electron chi connectivity index (χ2n) is 3.74. The molecule has 2 N–H and O–H groups in total. The van der Waals surface area contributed by atoms with Gasteiger partial charge in [0.1, 0.15) is 0 Å². The molecule has 1 aromatic rings. The fourth-order valence-electron chi connectivity index (χ4n) is 1.82. The molecule has 0 saturated heterocycles. The molecule has 78 valence electrons. The molecule has 0 unspecified atom stereocenters. The normalized spacial score (nSPS) is 18.6. The van der Waals surface area contributed by atoms with Crippen LogP contribution < -0.4 is 5.73 Å². The summed E-state index contributed by atoms with van der Waals surface area (Å²) < 4.78 is 5.80. The van der Waals surface area contributed by atoms with Crippen molar-refractivity contribution in [3.05, 3.63) is 11.1 Å². The summed E-state index contributed by atoms with van der Waals surface area (Å²) in [6.45, 7) is 0.680. The minimum absolute atomic E-state index is 0.465. The van der Waals surface area contributed by atoms with Gasteiger partial charge in [-0.1, -0.05) is 30.6 Å². The Morgan fingerprint density at radius 3 is 2.86 bits per heavy atom. The van der Waals surface area contributed by atoms with Crippen LogP contribution in [0.1, 0.15) is 37.0 Å². The van der Waals surface area contributed by atoms with Crippen LogP contribution in [0.15, 0.2) is 6.20 Å². The van der Waals surface area contributed by atoms with Crippen molar-refractivity contribution in [1.82, 2.24) is 4.98 Å². The van der Waals surface area contributed by atoms with Crippen LogP contribution >= 0.6 is 11.3 Å². The van der Waals surface area contributed by atoms with Crippen LogP contribution in [0.25, 0.3) is 0 Å². The van der Waals surface area contributed by atoms with Crippen molar-refractivity contribution in [3.63, 3.8) is 0 Å². The SMILES string of the molecule is Nc1ncc(COC2CCCCC2)s1. The molecule has 0 bridgehead atoms. The molecule has 2 rings (SSSR count). The molecular formula is C10H16N2OS. The Morgan fingerprint density at radius 1 is 1.43 bits per heavy atom. The van der Waals surface area contributed by atoms with E-state index in [0.717, 1.165) is 4.88 Å². The third-order valence-corrected chi connectivity index (χ3v) is 3.38. The standard InChI is InChI=1S/C10H16N2OS/c11-10-12-6-9(14-10)7-13-8-4-2-1-3-5-8/h6,8H,1-5,7H2,(H2,11,12). The fraction of sp³-hybridized carbons (Fsp3) is 0.700. The number of nitrogens with two attached hydrogens (primary N) is 1. The molecule has 1 aromatic heterocycles. The zero-order chi connectivity index (χ0) is 9.80. The van der Waals surface area contributed by atoms with E-state index in [-0.39, 0.29) is 0 Å². The Kier molecular flexibility index (Phi) is 3.37. The number of nitrogens with zero attached hydrogens (tertiary/aromatic N) is 1. The highest BCUT2D eigenvalue weighted by molar-refractivity contribution is 7.15. The molecule has 1 aliphatic carbocycles. The van der Waals surface area contributed by atoms with Gasteiger partial charge in [-0.2, -0.15) is 0 Å². The van der Waals surface area contributed by atoms with Gasteiger partial charge in [0.25, 0.3) is 0 Å². The van der Waals surface area contributed by atoms with E-state index in [0.29, 0.717) is 17.8 Å². The Morgan fingerprint density at radius 2 is 2.21 bits per heavy atom. The summed E-state index contributed by atoms with van der Waals surface area (Å²) in [5, 5.41) is 0.632. The van der Waals surface area contributed by atoms with E-state index < -0.39 is 0 Å². The van der Waals surface area contributed by atoms with E-state index in [1.807, 2.05) is 6.20 Å². The molecule has 0 spiro atoms. The van der Waals surface area contributed by atoms with E-state index in [2.05, 4.69) is 4.98 Å². The topological polar surface area (TPSA) is 48.1 Å². The summed E-state index contributed by atoms with van der Waals surface area (Å²) in [7, 11) is 0. The lowest BCUT2D eigenvalue weighted by atomic mass is 9.98. The summed E-state index contributed by atoms with van der Waals surface area (Å²) in [5.74, 6) is 0.